The first-order valence-corrected chi connectivity index (χ1v) is 9.89. The topological polar surface area (TPSA) is 29.3 Å². The van der Waals surface area contributed by atoms with E-state index >= 15 is 0 Å². The van der Waals surface area contributed by atoms with Crippen molar-refractivity contribution in [1.29, 1.82) is 0 Å². The highest BCUT2D eigenvalue weighted by molar-refractivity contribution is 9.10. The first-order chi connectivity index (χ1) is 10.1. The molecule has 0 radical (unpaired) electrons. The Bertz CT molecular complexity index is 469. The highest BCUT2D eigenvalue weighted by atomic mass is 79.9. The van der Waals surface area contributed by atoms with Crippen LogP contribution in [0.1, 0.15) is 56.2 Å². The number of nitrogens with two attached hydrogens (primary N) is 1. The molecule has 3 rings (SSSR count). The average molecular weight is 371 g/mol. The lowest BCUT2D eigenvalue weighted by Gasteiger charge is -2.49. The zero-order valence-electron chi connectivity index (χ0n) is 13.0. The molecule has 0 aromatic carbocycles. The maximum absolute atomic E-state index is 6.24. The molecule has 4 heteroatoms. The highest BCUT2D eigenvalue weighted by Crippen LogP contribution is 2.52. The molecule has 1 spiro atoms. The fourth-order valence-electron chi connectivity index (χ4n) is 4.45. The van der Waals surface area contributed by atoms with Gasteiger partial charge in [-0.15, -0.1) is 11.3 Å². The van der Waals surface area contributed by atoms with Gasteiger partial charge in [0, 0.05) is 33.4 Å². The van der Waals surface area contributed by atoms with Crippen molar-refractivity contribution in [2.45, 2.75) is 63.5 Å². The van der Waals surface area contributed by atoms with Crippen molar-refractivity contribution in [3.63, 3.8) is 0 Å². The van der Waals surface area contributed by atoms with Crippen molar-refractivity contribution < 1.29 is 0 Å². The third-order valence-corrected chi connectivity index (χ3v) is 7.79. The van der Waals surface area contributed by atoms with Crippen LogP contribution < -0.4 is 5.73 Å². The van der Waals surface area contributed by atoms with Gasteiger partial charge in [0.15, 0.2) is 0 Å². The molecule has 0 bridgehead atoms. The van der Waals surface area contributed by atoms with Crippen LogP contribution in [0, 0.1) is 5.41 Å². The van der Waals surface area contributed by atoms with Gasteiger partial charge >= 0.3 is 0 Å². The van der Waals surface area contributed by atoms with Crippen molar-refractivity contribution in [3.8, 4) is 0 Å². The zero-order valence-corrected chi connectivity index (χ0v) is 15.4. The van der Waals surface area contributed by atoms with Gasteiger partial charge in [-0.3, -0.25) is 4.90 Å². The largest absolute Gasteiger partial charge is 0.329 e. The Kier molecular flexibility index (Phi) is 4.80. The fraction of sp³-hybridized carbons (Fsp3) is 0.765. The second-order valence-electron chi connectivity index (χ2n) is 7.22. The highest BCUT2D eigenvalue weighted by Gasteiger charge is 2.45. The number of nitrogens with zero attached hydrogens (tertiary/aromatic N) is 1. The molecule has 1 aromatic heterocycles. The van der Waals surface area contributed by atoms with E-state index in [1.807, 2.05) is 11.3 Å². The first-order valence-electron chi connectivity index (χ1n) is 8.22. The third kappa shape index (κ3) is 3.24. The minimum Gasteiger partial charge on any atom is -0.329 e. The van der Waals surface area contributed by atoms with Gasteiger partial charge in [0.1, 0.15) is 0 Å². The van der Waals surface area contributed by atoms with Crippen LogP contribution in [0.5, 0.6) is 0 Å². The van der Waals surface area contributed by atoms with Crippen LogP contribution in [-0.2, 0) is 6.54 Å². The number of rotatable bonds is 4. The quantitative estimate of drug-likeness (QED) is 0.826. The molecule has 2 saturated carbocycles. The number of thiophene rings is 1. The predicted octanol–water partition coefficient (Wildman–Crippen LogP) is 4.77. The molecule has 0 amide bonds. The van der Waals surface area contributed by atoms with Gasteiger partial charge in [-0.25, -0.2) is 0 Å². The molecular weight excluding hydrogens is 344 g/mol. The SMILES string of the molecule is CN(Cc1cc(Br)cs1)C1(CN)CCC2(CCCC2)CC1. The van der Waals surface area contributed by atoms with E-state index in [2.05, 4.69) is 39.3 Å². The molecule has 0 atom stereocenters. The summed E-state index contributed by atoms with van der Waals surface area (Å²) in [6.07, 6.45) is 11.2. The number of halogens is 1. The Labute approximate surface area is 141 Å². The average Bonchev–Trinajstić information content (AvgIpc) is 3.10. The Hall–Kier alpha value is 0.1000. The van der Waals surface area contributed by atoms with Crippen molar-refractivity contribution in [3.05, 3.63) is 20.8 Å². The van der Waals surface area contributed by atoms with Crippen LogP contribution in [-0.4, -0.2) is 24.0 Å². The fourth-order valence-corrected chi connectivity index (χ4v) is 5.95. The summed E-state index contributed by atoms with van der Waals surface area (Å²) in [5.74, 6) is 0. The van der Waals surface area contributed by atoms with Crippen molar-refractivity contribution >= 4 is 27.3 Å². The van der Waals surface area contributed by atoms with E-state index in [9.17, 15) is 0 Å². The normalized spacial score (nSPS) is 24.0. The summed E-state index contributed by atoms with van der Waals surface area (Å²) in [6, 6.07) is 2.24. The molecule has 2 nitrogen and oxygen atoms in total. The van der Waals surface area contributed by atoms with Crippen LogP contribution in [0.25, 0.3) is 0 Å². The summed E-state index contributed by atoms with van der Waals surface area (Å²) < 4.78 is 1.20. The van der Waals surface area contributed by atoms with E-state index in [0.717, 1.165) is 13.1 Å². The van der Waals surface area contributed by atoms with Gasteiger partial charge in [-0.05, 0) is 73.0 Å². The predicted molar refractivity (Wildman–Crippen MR) is 94.6 cm³/mol. The molecule has 2 fully saturated rings. The van der Waals surface area contributed by atoms with Gasteiger partial charge in [-0.1, -0.05) is 12.8 Å². The Morgan fingerprint density at radius 2 is 1.86 bits per heavy atom. The molecule has 0 saturated heterocycles. The van der Waals surface area contributed by atoms with E-state index < -0.39 is 0 Å². The van der Waals surface area contributed by atoms with Gasteiger partial charge < -0.3 is 5.73 Å². The van der Waals surface area contributed by atoms with Crippen LogP contribution >= 0.6 is 27.3 Å². The maximum Gasteiger partial charge on any atom is 0.0332 e. The first kappa shape index (κ1) is 16.0. The molecule has 21 heavy (non-hydrogen) atoms. The summed E-state index contributed by atoms with van der Waals surface area (Å²) in [5.41, 5.74) is 7.15. The lowest BCUT2D eigenvalue weighted by atomic mass is 9.66. The molecular formula is C17H27BrN2S. The van der Waals surface area contributed by atoms with Crippen LogP contribution in [0.2, 0.25) is 0 Å². The van der Waals surface area contributed by atoms with Gasteiger partial charge in [0.05, 0.1) is 0 Å². The number of likely N-dealkylation sites (N-methyl/N-ethyl adjacent to an activating group) is 1. The standard InChI is InChI=1S/C17H27BrN2S/c1-20(11-15-10-14(18)12-21-15)17(13-19)8-6-16(7-9-17)4-2-3-5-16/h10,12H,2-9,11,13,19H2,1H3. The smallest absolute Gasteiger partial charge is 0.0332 e. The second-order valence-corrected chi connectivity index (χ2v) is 9.13. The summed E-state index contributed by atoms with van der Waals surface area (Å²) >= 11 is 5.40. The molecule has 2 aliphatic rings. The van der Waals surface area contributed by atoms with E-state index in [0.29, 0.717) is 5.41 Å². The molecule has 1 aromatic rings. The molecule has 118 valence electrons. The van der Waals surface area contributed by atoms with E-state index in [-0.39, 0.29) is 5.54 Å². The molecule has 1 heterocycles. The molecule has 0 unspecified atom stereocenters. The molecule has 2 N–H and O–H groups in total. The van der Waals surface area contributed by atoms with Crippen LogP contribution in [0.15, 0.2) is 15.9 Å². The van der Waals surface area contributed by atoms with Gasteiger partial charge in [0.2, 0.25) is 0 Å². The van der Waals surface area contributed by atoms with Crippen molar-refractivity contribution in [1.82, 2.24) is 4.90 Å². The van der Waals surface area contributed by atoms with E-state index in [4.69, 9.17) is 5.73 Å². The van der Waals surface area contributed by atoms with E-state index in [1.54, 1.807) is 0 Å². The third-order valence-electron chi connectivity index (χ3n) is 6.11. The van der Waals surface area contributed by atoms with Crippen molar-refractivity contribution in [2.75, 3.05) is 13.6 Å². The minimum absolute atomic E-state index is 0.226. The summed E-state index contributed by atoms with van der Waals surface area (Å²) in [6.45, 7) is 1.83. The minimum atomic E-state index is 0.226. The number of hydrogen-bond donors (Lipinski definition) is 1. The molecule has 2 aliphatic carbocycles. The molecule has 0 aliphatic heterocycles. The monoisotopic (exact) mass is 370 g/mol. The number of hydrogen-bond acceptors (Lipinski definition) is 3. The summed E-state index contributed by atoms with van der Waals surface area (Å²) in [5, 5.41) is 2.17. The van der Waals surface area contributed by atoms with Gasteiger partial charge in [-0.2, -0.15) is 0 Å². The Balaban J connectivity index is 1.66. The zero-order chi connectivity index (χ0) is 14.9. The Morgan fingerprint density at radius 1 is 1.19 bits per heavy atom. The second kappa shape index (κ2) is 6.31. The lowest BCUT2D eigenvalue weighted by Crippen LogP contribution is -2.54. The maximum atomic E-state index is 6.24. The van der Waals surface area contributed by atoms with E-state index in [1.165, 1.54) is 60.7 Å². The summed E-state index contributed by atoms with van der Waals surface area (Å²) in [4.78, 5) is 3.96. The van der Waals surface area contributed by atoms with Crippen LogP contribution in [0.3, 0.4) is 0 Å². The lowest BCUT2D eigenvalue weighted by molar-refractivity contribution is 0.0263. The van der Waals surface area contributed by atoms with Crippen LogP contribution in [0.4, 0.5) is 0 Å². The van der Waals surface area contributed by atoms with Gasteiger partial charge in [0.25, 0.3) is 0 Å². The summed E-state index contributed by atoms with van der Waals surface area (Å²) in [7, 11) is 2.27. The van der Waals surface area contributed by atoms with Crippen molar-refractivity contribution in [2.24, 2.45) is 11.1 Å². The Morgan fingerprint density at radius 3 is 2.38 bits per heavy atom.